The molecule has 0 aliphatic rings. The van der Waals surface area contributed by atoms with Gasteiger partial charge in [-0.05, 0) is 35.9 Å². The zero-order valence-electron chi connectivity index (χ0n) is 8.35. The fourth-order valence-corrected chi connectivity index (χ4v) is 1.42. The van der Waals surface area contributed by atoms with Gasteiger partial charge in [0.1, 0.15) is 11.8 Å². The summed E-state index contributed by atoms with van der Waals surface area (Å²) in [5.74, 6) is -0.283. The number of hydrogen-bond acceptors (Lipinski definition) is 3. The second-order valence-corrected chi connectivity index (χ2v) is 3.85. The summed E-state index contributed by atoms with van der Waals surface area (Å²) in [7, 11) is 1.58. The molecular weight excluding hydrogens is 216 g/mol. The van der Waals surface area contributed by atoms with E-state index in [0.717, 1.165) is 5.56 Å². The molecule has 1 aromatic rings. The zero-order chi connectivity index (χ0) is 11.4. The topological polar surface area (TPSA) is 66.6 Å². The number of phenolic OH excluding ortho intramolecular Hbond substituents is 1. The van der Waals surface area contributed by atoms with Crippen molar-refractivity contribution in [2.45, 2.75) is 12.5 Å². The van der Waals surface area contributed by atoms with Crippen molar-refractivity contribution in [2.75, 3.05) is 7.05 Å². The van der Waals surface area contributed by atoms with E-state index in [4.69, 9.17) is 22.6 Å². The van der Waals surface area contributed by atoms with E-state index < -0.39 is 11.9 Å². The maximum Gasteiger partial charge on any atom is 0.236 e. The number of aromatic hydroxyl groups is 1. The highest BCUT2D eigenvalue weighted by atomic mass is 35.5. The van der Waals surface area contributed by atoms with Crippen LogP contribution in [0.4, 0.5) is 0 Å². The van der Waals surface area contributed by atoms with Gasteiger partial charge in [-0.15, -0.1) is 0 Å². The van der Waals surface area contributed by atoms with Crippen LogP contribution >= 0.6 is 11.8 Å². The normalized spacial score (nSPS) is 12.7. The largest absolute Gasteiger partial charge is 0.508 e. The van der Waals surface area contributed by atoms with Crippen molar-refractivity contribution >= 4 is 17.7 Å². The minimum absolute atomic E-state index is 0.189. The van der Waals surface area contributed by atoms with Crippen molar-refractivity contribution < 1.29 is 9.90 Å². The number of nitrogens with zero attached hydrogens (tertiary/aromatic N) is 1. The highest BCUT2D eigenvalue weighted by molar-refractivity contribution is 6.14. The molecule has 0 spiro atoms. The van der Waals surface area contributed by atoms with Crippen LogP contribution in [0.15, 0.2) is 24.3 Å². The summed E-state index contributed by atoms with van der Waals surface area (Å²) in [6.07, 6.45) is 0.426. The van der Waals surface area contributed by atoms with Crippen molar-refractivity contribution in [3.63, 3.8) is 0 Å². The summed E-state index contributed by atoms with van der Waals surface area (Å²) in [6.45, 7) is 0. The van der Waals surface area contributed by atoms with E-state index in [0.29, 0.717) is 6.42 Å². The van der Waals surface area contributed by atoms with Crippen LogP contribution in [-0.4, -0.2) is 28.5 Å². The first-order valence-corrected chi connectivity index (χ1v) is 4.80. The lowest BCUT2D eigenvalue weighted by Crippen LogP contribution is -2.39. The van der Waals surface area contributed by atoms with Crippen LogP contribution in [0.1, 0.15) is 5.56 Å². The molecule has 0 bridgehead atoms. The quantitative estimate of drug-likeness (QED) is 0.752. The third-order valence-electron chi connectivity index (χ3n) is 2.12. The molecule has 4 nitrogen and oxygen atoms in total. The molecule has 15 heavy (non-hydrogen) atoms. The third kappa shape index (κ3) is 3.42. The third-order valence-corrected chi connectivity index (χ3v) is 2.36. The van der Waals surface area contributed by atoms with Gasteiger partial charge in [0.05, 0.1) is 0 Å². The summed E-state index contributed by atoms with van der Waals surface area (Å²) in [6, 6.07) is 6.02. The Morgan fingerprint density at radius 2 is 2.07 bits per heavy atom. The lowest BCUT2D eigenvalue weighted by Gasteiger charge is -2.18. The number of primary amides is 1. The number of amides is 1. The first-order chi connectivity index (χ1) is 7.00. The van der Waals surface area contributed by atoms with Crippen LogP contribution < -0.4 is 5.73 Å². The minimum atomic E-state index is -0.545. The highest BCUT2D eigenvalue weighted by Crippen LogP contribution is 2.13. The van der Waals surface area contributed by atoms with Crippen LogP contribution in [0.5, 0.6) is 5.75 Å². The second kappa shape index (κ2) is 5.00. The molecule has 0 aliphatic heterocycles. The molecule has 0 heterocycles. The molecule has 1 atom stereocenters. The Balaban J connectivity index is 2.74. The van der Waals surface area contributed by atoms with E-state index >= 15 is 0 Å². The number of carbonyl (C=O) groups excluding carboxylic acids is 1. The van der Waals surface area contributed by atoms with E-state index in [1.54, 1.807) is 31.3 Å². The number of carbonyl (C=O) groups is 1. The summed E-state index contributed by atoms with van der Waals surface area (Å²) >= 11 is 5.70. The first kappa shape index (κ1) is 11.8. The Hall–Kier alpha value is -1.26. The van der Waals surface area contributed by atoms with Gasteiger partial charge in [0, 0.05) is 7.05 Å². The van der Waals surface area contributed by atoms with Crippen LogP contribution in [0.2, 0.25) is 0 Å². The average Bonchev–Trinajstić information content (AvgIpc) is 2.15. The highest BCUT2D eigenvalue weighted by Gasteiger charge is 2.19. The number of halogens is 1. The van der Waals surface area contributed by atoms with Gasteiger partial charge in [0.25, 0.3) is 0 Å². The SMILES string of the molecule is CN(Cl)C(Cc1ccc(O)cc1)C(N)=O. The van der Waals surface area contributed by atoms with Crippen molar-refractivity contribution in [1.29, 1.82) is 0 Å². The molecule has 0 fully saturated rings. The average molecular weight is 229 g/mol. The standard InChI is InChI=1S/C10H13ClN2O2/c1-13(11)9(10(12)15)6-7-2-4-8(14)5-3-7/h2-5,9,14H,6H2,1H3,(H2,12,15). The Bertz CT molecular complexity index is 338. The molecule has 5 heteroatoms. The maximum absolute atomic E-state index is 11.1. The first-order valence-electron chi connectivity index (χ1n) is 4.46. The van der Waals surface area contributed by atoms with Gasteiger partial charge in [-0.3, -0.25) is 4.79 Å². The minimum Gasteiger partial charge on any atom is -0.508 e. The van der Waals surface area contributed by atoms with Crippen LogP contribution in [0.3, 0.4) is 0 Å². The molecule has 0 aromatic heterocycles. The lowest BCUT2D eigenvalue weighted by molar-refractivity contribution is -0.121. The van der Waals surface area contributed by atoms with Crippen molar-refractivity contribution in [3.05, 3.63) is 29.8 Å². The number of likely N-dealkylation sites (N-methyl/N-ethyl adjacent to an activating group) is 1. The van der Waals surface area contributed by atoms with Crippen molar-refractivity contribution in [2.24, 2.45) is 5.73 Å². The predicted octanol–water partition coefficient (Wildman–Crippen LogP) is 0.874. The van der Waals surface area contributed by atoms with E-state index in [2.05, 4.69) is 0 Å². The summed E-state index contributed by atoms with van der Waals surface area (Å²) in [4.78, 5) is 11.1. The number of hydrogen-bond donors (Lipinski definition) is 2. The molecule has 1 rings (SSSR count). The van der Waals surface area contributed by atoms with Crippen LogP contribution in [-0.2, 0) is 11.2 Å². The molecule has 0 aliphatic carbocycles. The number of nitrogens with two attached hydrogens (primary N) is 1. The molecule has 0 radical (unpaired) electrons. The van der Waals surface area contributed by atoms with E-state index in [1.807, 2.05) is 0 Å². The monoisotopic (exact) mass is 228 g/mol. The van der Waals surface area contributed by atoms with Gasteiger partial charge in [-0.25, -0.2) is 4.42 Å². The van der Waals surface area contributed by atoms with Gasteiger partial charge >= 0.3 is 0 Å². The van der Waals surface area contributed by atoms with Gasteiger partial charge in [-0.1, -0.05) is 12.1 Å². The second-order valence-electron chi connectivity index (χ2n) is 3.31. The summed E-state index contributed by atoms with van der Waals surface area (Å²) < 4.78 is 1.26. The number of benzene rings is 1. The van der Waals surface area contributed by atoms with E-state index in [9.17, 15) is 4.79 Å². The molecule has 0 saturated heterocycles. The maximum atomic E-state index is 11.1. The van der Waals surface area contributed by atoms with Gasteiger partial charge in [0.15, 0.2) is 0 Å². The fourth-order valence-electron chi connectivity index (χ4n) is 1.26. The zero-order valence-corrected chi connectivity index (χ0v) is 9.11. The molecule has 3 N–H and O–H groups in total. The smallest absolute Gasteiger partial charge is 0.236 e. The predicted molar refractivity (Wildman–Crippen MR) is 58.4 cm³/mol. The Kier molecular flexibility index (Phi) is 3.94. The summed E-state index contributed by atoms with van der Waals surface area (Å²) in [5.41, 5.74) is 6.09. The Morgan fingerprint density at radius 3 is 2.47 bits per heavy atom. The van der Waals surface area contributed by atoms with E-state index in [-0.39, 0.29) is 5.75 Å². The van der Waals surface area contributed by atoms with Gasteiger partial charge < -0.3 is 10.8 Å². The number of rotatable bonds is 4. The van der Waals surface area contributed by atoms with Gasteiger partial charge in [-0.2, -0.15) is 0 Å². The molecule has 1 unspecified atom stereocenters. The fraction of sp³-hybridized carbons (Fsp3) is 0.300. The van der Waals surface area contributed by atoms with Crippen LogP contribution in [0.25, 0.3) is 0 Å². The lowest BCUT2D eigenvalue weighted by atomic mass is 10.1. The molecule has 0 saturated carbocycles. The molecule has 1 amide bonds. The van der Waals surface area contributed by atoms with Crippen molar-refractivity contribution in [1.82, 2.24) is 4.42 Å². The Labute approximate surface area is 93.4 Å². The molecule has 1 aromatic carbocycles. The number of phenols is 1. The molecule has 82 valence electrons. The van der Waals surface area contributed by atoms with Gasteiger partial charge in [0.2, 0.25) is 5.91 Å². The van der Waals surface area contributed by atoms with Crippen LogP contribution in [0, 0.1) is 0 Å². The summed E-state index contributed by atoms with van der Waals surface area (Å²) in [5, 5.41) is 9.08. The van der Waals surface area contributed by atoms with E-state index in [1.165, 1.54) is 4.42 Å². The molecular formula is C10H13ClN2O2. The Morgan fingerprint density at radius 1 is 1.53 bits per heavy atom. The van der Waals surface area contributed by atoms with Crippen molar-refractivity contribution in [3.8, 4) is 5.75 Å².